The van der Waals surface area contributed by atoms with Crippen LogP contribution < -0.4 is 0 Å². The Balaban J connectivity index is 0.999. The van der Waals surface area contributed by atoms with E-state index in [1.165, 1.54) is 70.8 Å². The van der Waals surface area contributed by atoms with E-state index in [4.69, 9.17) is 4.74 Å². The number of benzene rings is 2. The largest absolute Gasteiger partial charge is 0.445 e. The van der Waals surface area contributed by atoms with Gasteiger partial charge in [-0.2, -0.15) is 0 Å². The first kappa shape index (κ1) is 30.3. The fraction of sp³-hybridized carbons (Fsp3) is 0.667. The minimum Gasteiger partial charge on any atom is -0.445 e. The summed E-state index contributed by atoms with van der Waals surface area (Å²) in [7, 11) is 0. The molecule has 2 heterocycles. The standard InChI is InChI=1S/C39H55N3O2/c1-2-41(39(43)44-28-29-13-5-3-6-14-29)32-21-23-40(24-22-32)27-31-25-33(26-36(31)30-15-7-4-8-16-30)42-37-19-11-9-17-34(37)35-18-10-12-20-38(35)42/h3-8,13-16,31-38H,2,9-12,17-28H2,1H3/t31-,33?,34+,35?,36-,37+,38?/m1/s1. The van der Waals surface area contributed by atoms with Crippen LogP contribution in [0.5, 0.6) is 0 Å². The second kappa shape index (κ2) is 14.0. The molecule has 2 aromatic carbocycles. The molecule has 2 aromatic rings. The minimum absolute atomic E-state index is 0.162. The molecule has 0 radical (unpaired) electrons. The molecule has 238 valence electrons. The van der Waals surface area contributed by atoms with Crippen molar-refractivity contribution in [3.8, 4) is 0 Å². The highest BCUT2D eigenvalue weighted by atomic mass is 16.6. The van der Waals surface area contributed by atoms with Crippen molar-refractivity contribution >= 4 is 6.09 Å². The monoisotopic (exact) mass is 597 g/mol. The van der Waals surface area contributed by atoms with Crippen LogP contribution in [0.25, 0.3) is 0 Å². The van der Waals surface area contributed by atoms with E-state index < -0.39 is 0 Å². The second-order valence-corrected chi connectivity index (χ2v) is 14.7. The van der Waals surface area contributed by atoms with Crippen LogP contribution in [0.15, 0.2) is 60.7 Å². The third-order valence-corrected chi connectivity index (χ3v) is 12.5. The zero-order valence-electron chi connectivity index (χ0n) is 27.1. The van der Waals surface area contributed by atoms with Crippen LogP contribution in [-0.4, -0.2) is 71.1 Å². The number of fused-ring (bicyclic) bond motifs is 3. The van der Waals surface area contributed by atoms with E-state index in [1.807, 2.05) is 35.2 Å². The van der Waals surface area contributed by atoms with Crippen molar-refractivity contribution in [1.29, 1.82) is 0 Å². The Hall–Kier alpha value is -2.37. The lowest BCUT2D eigenvalue weighted by Crippen LogP contribution is -2.48. The van der Waals surface area contributed by atoms with Crippen molar-refractivity contribution < 1.29 is 9.53 Å². The minimum atomic E-state index is -0.162. The number of hydrogen-bond acceptors (Lipinski definition) is 4. The van der Waals surface area contributed by atoms with Crippen LogP contribution in [0.1, 0.15) is 101 Å². The lowest BCUT2D eigenvalue weighted by atomic mass is 9.73. The number of carbonyl (C=O) groups is 1. The van der Waals surface area contributed by atoms with Gasteiger partial charge in [0.2, 0.25) is 0 Å². The molecule has 0 N–H and O–H groups in total. The SMILES string of the molecule is CCN(C(=O)OCc1ccccc1)C1CCN(C[C@H]2CC(N3C4CCCCC4[C@@H]4CCCC[C@@H]43)C[C@@H]2c2ccccc2)CC1. The van der Waals surface area contributed by atoms with Gasteiger partial charge in [-0.15, -0.1) is 0 Å². The quantitative estimate of drug-likeness (QED) is 0.308. The highest BCUT2D eigenvalue weighted by molar-refractivity contribution is 5.68. The van der Waals surface area contributed by atoms with Crippen LogP contribution in [0, 0.1) is 17.8 Å². The molecule has 44 heavy (non-hydrogen) atoms. The zero-order chi connectivity index (χ0) is 29.9. The molecule has 3 unspecified atom stereocenters. The van der Waals surface area contributed by atoms with Gasteiger partial charge in [-0.3, -0.25) is 4.90 Å². The van der Waals surface area contributed by atoms with Gasteiger partial charge < -0.3 is 14.5 Å². The molecule has 1 amide bonds. The molecule has 3 aliphatic carbocycles. The van der Waals surface area contributed by atoms with Crippen molar-refractivity contribution in [2.75, 3.05) is 26.2 Å². The number of carbonyl (C=O) groups excluding carboxylic acids is 1. The van der Waals surface area contributed by atoms with Gasteiger partial charge in [0.05, 0.1) is 0 Å². The molecule has 7 atom stereocenters. The summed E-state index contributed by atoms with van der Waals surface area (Å²) in [6, 6.07) is 24.3. The van der Waals surface area contributed by atoms with Crippen molar-refractivity contribution in [3.05, 3.63) is 71.8 Å². The van der Waals surface area contributed by atoms with Crippen LogP contribution in [0.3, 0.4) is 0 Å². The van der Waals surface area contributed by atoms with Gasteiger partial charge in [-0.1, -0.05) is 86.3 Å². The average Bonchev–Trinajstić information content (AvgIpc) is 3.64. The highest BCUT2D eigenvalue weighted by Crippen LogP contribution is 2.53. The molecule has 0 spiro atoms. The van der Waals surface area contributed by atoms with Crippen molar-refractivity contribution in [3.63, 3.8) is 0 Å². The molecular formula is C39H55N3O2. The Morgan fingerprint density at radius 2 is 1.41 bits per heavy atom. The van der Waals surface area contributed by atoms with Crippen LogP contribution in [0.4, 0.5) is 4.79 Å². The van der Waals surface area contributed by atoms with Crippen LogP contribution in [0.2, 0.25) is 0 Å². The predicted molar refractivity (Wildman–Crippen MR) is 177 cm³/mol. The summed E-state index contributed by atoms with van der Waals surface area (Å²) in [5.41, 5.74) is 2.61. The van der Waals surface area contributed by atoms with E-state index in [0.29, 0.717) is 25.0 Å². The molecule has 3 saturated carbocycles. The Bertz CT molecular complexity index is 1180. The molecule has 2 aliphatic heterocycles. The number of nitrogens with zero attached hydrogens (tertiary/aromatic N) is 3. The van der Waals surface area contributed by atoms with Crippen molar-refractivity contribution in [2.24, 2.45) is 17.8 Å². The summed E-state index contributed by atoms with van der Waals surface area (Å²) in [5, 5.41) is 0. The number of amides is 1. The predicted octanol–water partition coefficient (Wildman–Crippen LogP) is 8.11. The van der Waals surface area contributed by atoms with Crippen LogP contribution >= 0.6 is 0 Å². The molecule has 2 saturated heterocycles. The Labute approximate surface area is 266 Å². The summed E-state index contributed by atoms with van der Waals surface area (Å²) in [6.07, 6.45) is 16.3. The smallest absolute Gasteiger partial charge is 0.410 e. The number of likely N-dealkylation sites (tertiary alicyclic amines) is 2. The summed E-state index contributed by atoms with van der Waals surface area (Å²) in [5.74, 6) is 3.32. The second-order valence-electron chi connectivity index (χ2n) is 14.7. The van der Waals surface area contributed by atoms with Crippen molar-refractivity contribution in [1.82, 2.24) is 14.7 Å². The fourth-order valence-electron chi connectivity index (χ4n) is 10.5. The van der Waals surface area contributed by atoms with E-state index >= 15 is 0 Å². The molecule has 0 bridgehead atoms. The lowest BCUT2D eigenvalue weighted by Gasteiger charge is -2.40. The van der Waals surface area contributed by atoms with Gasteiger partial charge in [0.1, 0.15) is 6.61 Å². The average molecular weight is 598 g/mol. The fourth-order valence-corrected chi connectivity index (χ4v) is 10.5. The third kappa shape index (κ3) is 6.33. The molecule has 7 rings (SSSR count). The molecular weight excluding hydrogens is 542 g/mol. The maximum absolute atomic E-state index is 13.1. The van der Waals surface area contributed by atoms with Gasteiger partial charge in [-0.25, -0.2) is 4.79 Å². The van der Waals surface area contributed by atoms with E-state index in [9.17, 15) is 4.79 Å². The number of ether oxygens (including phenoxy) is 1. The topological polar surface area (TPSA) is 36.0 Å². The van der Waals surface area contributed by atoms with Gasteiger partial charge in [-0.05, 0) is 93.1 Å². The van der Waals surface area contributed by atoms with E-state index in [1.54, 1.807) is 5.56 Å². The zero-order valence-corrected chi connectivity index (χ0v) is 27.1. The third-order valence-electron chi connectivity index (χ3n) is 12.5. The highest BCUT2D eigenvalue weighted by Gasteiger charge is 2.53. The summed E-state index contributed by atoms with van der Waals surface area (Å²) >= 11 is 0. The Kier molecular flexibility index (Phi) is 9.61. The molecule has 5 aliphatic rings. The molecule has 5 heteroatoms. The molecule has 5 fully saturated rings. The van der Waals surface area contributed by atoms with Crippen molar-refractivity contribution in [2.45, 2.75) is 121 Å². The van der Waals surface area contributed by atoms with E-state index in [2.05, 4.69) is 47.1 Å². The first-order valence-electron chi connectivity index (χ1n) is 18.2. The molecule has 0 aromatic heterocycles. The van der Waals surface area contributed by atoms with Gasteiger partial charge >= 0.3 is 6.09 Å². The number of piperidine rings is 1. The van der Waals surface area contributed by atoms with Crippen LogP contribution in [-0.2, 0) is 11.3 Å². The normalized spacial score (nSPS) is 33.1. The maximum Gasteiger partial charge on any atom is 0.410 e. The van der Waals surface area contributed by atoms with Gasteiger partial charge in [0.25, 0.3) is 0 Å². The summed E-state index contributed by atoms with van der Waals surface area (Å²) < 4.78 is 5.74. The first-order valence-corrected chi connectivity index (χ1v) is 18.2. The Morgan fingerprint density at radius 3 is 2.05 bits per heavy atom. The lowest BCUT2D eigenvalue weighted by molar-refractivity contribution is 0.0590. The number of rotatable bonds is 8. The van der Waals surface area contributed by atoms with E-state index in [0.717, 1.165) is 61.5 Å². The molecule has 5 nitrogen and oxygen atoms in total. The van der Waals surface area contributed by atoms with E-state index in [-0.39, 0.29) is 12.1 Å². The maximum atomic E-state index is 13.1. The van der Waals surface area contributed by atoms with Gasteiger partial charge in [0.15, 0.2) is 0 Å². The van der Waals surface area contributed by atoms with Gasteiger partial charge in [0, 0.05) is 50.3 Å². The first-order chi connectivity index (χ1) is 21.7. The summed E-state index contributed by atoms with van der Waals surface area (Å²) in [6.45, 7) is 6.50. The Morgan fingerprint density at radius 1 is 0.795 bits per heavy atom. The summed E-state index contributed by atoms with van der Waals surface area (Å²) in [4.78, 5) is 20.9. The number of hydrogen-bond donors (Lipinski definition) is 0.